The van der Waals surface area contributed by atoms with Crippen molar-refractivity contribution < 1.29 is 4.74 Å². The lowest BCUT2D eigenvalue weighted by atomic mass is 9.89. The van der Waals surface area contributed by atoms with Crippen LogP contribution in [0.5, 0.6) is 0 Å². The maximum atomic E-state index is 5.69. The Morgan fingerprint density at radius 3 is 2.12 bits per heavy atom. The lowest BCUT2D eigenvalue weighted by molar-refractivity contribution is 0.0262. The van der Waals surface area contributed by atoms with Crippen molar-refractivity contribution in [3.63, 3.8) is 0 Å². The van der Waals surface area contributed by atoms with Gasteiger partial charge in [-0.05, 0) is 31.2 Å². The second-order valence-electron chi connectivity index (χ2n) is 5.63. The van der Waals surface area contributed by atoms with E-state index >= 15 is 0 Å². The Kier molecular flexibility index (Phi) is 9.85. The molecule has 0 fully saturated rings. The zero-order valence-corrected chi connectivity index (χ0v) is 12.8. The third-order valence-corrected chi connectivity index (χ3v) is 3.42. The molecular weight excluding hydrogens is 210 g/mol. The standard InChI is InChI=1S/C15H33NO/c1-7-9-13(5)11-14(16-10-8-2)15(17-6)12(3)4/h12-16H,7-11H2,1-6H3. The van der Waals surface area contributed by atoms with Crippen LogP contribution in [0.4, 0.5) is 0 Å². The Hall–Kier alpha value is -0.0800. The third-order valence-electron chi connectivity index (χ3n) is 3.42. The highest BCUT2D eigenvalue weighted by Crippen LogP contribution is 2.20. The van der Waals surface area contributed by atoms with Gasteiger partial charge in [-0.3, -0.25) is 0 Å². The molecule has 0 saturated carbocycles. The van der Waals surface area contributed by atoms with Gasteiger partial charge in [-0.25, -0.2) is 0 Å². The molecule has 104 valence electrons. The summed E-state index contributed by atoms with van der Waals surface area (Å²) in [5, 5.41) is 3.67. The van der Waals surface area contributed by atoms with Crippen LogP contribution in [0.2, 0.25) is 0 Å². The SMILES string of the molecule is CCCNC(CC(C)CCC)C(OC)C(C)C. The van der Waals surface area contributed by atoms with E-state index in [0.717, 1.165) is 12.5 Å². The minimum atomic E-state index is 0.334. The van der Waals surface area contributed by atoms with Crippen LogP contribution in [0.3, 0.4) is 0 Å². The minimum absolute atomic E-state index is 0.334. The second-order valence-corrected chi connectivity index (χ2v) is 5.63. The van der Waals surface area contributed by atoms with Gasteiger partial charge in [0.1, 0.15) is 0 Å². The molecule has 0 aromatic rings. The molecule has 0 bridgehead atoms. The summed E-state index contributed by atoms with van der Waals surface area (Å²) in [4.78, 5) is 0. The van der Waals surface area contributed by atoms with E-state index in [-0.39, 0.29) is 0 Å². The molecule has 0 amide bonds. The van der Waals surface area contributed by atoms with Gasteiger partial charge in [-0.1, -0.05) is 47.5 Å². The molecule has 0 heterocycles. The van der Waals surface area contributed by atoms with Crippen molar-refractivity contribution in [3.05, 3.63) is 0 Å². The Morgan fingerprint density at radius 2 is 1.71 bits per heavy atom. The summed E-state index contributed by atoms with van der Waals surface area (Å²) < 4.78 is 5.69. The largest absolute Gasteiger partial charge is 0.380 e. The fourth-order valence-electron chi connectivity index (χ4n) is 2.61. The molecule has 2 nitrogen and oxygen atoms in total. The highest BCUT2D eigenvalue weighted by Gasteiger charge is 2.25. The fraction of sp³-hybridized carbons (Fsp3) is 1.00. The quantitative estimate of drug-likeness (QED) is 0.629. The molecule has 3 atom stereocenters. The highest BCUT2D eigenvalue weighted by atomic mass is 16.5. The monoisotopic (exact) mass is 243 g/mol. The normalized spacial score (nSPS) is 17.1. The molecule has 1 N–H and O–H groups in total. The van der Waals surface area contributed by atoms with Crippen molar-refractivity contribution in [2.45, 2.75) is 72.4 Å². The third kappa shape index (κ3) is 7.05. The number of rotatable bonds is 10. The molecule has 0 aromatic carbocycles. The van der Waals surface area contributed by atoms with Gasteiger partial charge in [0, 0.05) is 13.2 Å². The van der Waals surface area contributed by atoms with E-state index in [4.69, 9.17) is 4.74 Å². The molecular formula is C15H33NO. The van der Waals surface area contributed by atoms with Gasteiger partial charge in [0.05, 0.1) is 6.10 Å². The van der Waals surface area contributed by atoms with Crippen LogP contribution in [-0.4, -0.2) is 25.8 Å². The van der Waals surface area contributed by atoms with Crippen molar-refractivity contribution in [1.29, 1.82) is 0 Å². The lowest BCUT2D eigenvalue weighted by Gasteiger charge is -2.32. The van der Waals surface area contributed by atoms with E-state index in [9.17, 15) is 0 Å². The van der Waals surface area contributed by atoms with E-state index < -0.39 is 0 Å². The molecule has 0 aromatic heterocycles. The Labute approximate surface area is 109 Å². The predicted octanol–water partition coefficient (Wildman–Crippen LogP) is 3.85. The minimum Gasteiger partial charge on any atom is -0.380 e. The summed E-state index contributed by atoms with van der Waals surface area (Å²) in [6.07, 6.45) is 5.35. The van der Waals surface area contributed by atoms with E-state index in [1.165, 1.54) is 25.7 Å². The zero-order chi connectivity index (χ0) is 13.3. The van der Waals surface area contributed by atoms with Gasteiger partial charge in [-0.15, -0.1) is 0 Å². The van der Waals surface area contributed by atoms with Gasteiger partial charge in [0.25, 0.3) is 0 Å². The van der Waals surface area contributed by atoms with Crippen molar-refractivity contribution in [2.24, 2.45) is 11.8 Å². The summed E-state index contributed by atoms with van der Waals surface area (Å²) in [5.41, 5.74) is 0. The van der Waals surface area contributed by atoms with Gasteiger partial charge < -0.3 is 10.1 Å². The number of methoxy groups -OCH3 is 1. The first kappa shape index (κ1) is 16.9. The van der Waals surface area contributed by atoms with Crippen LogP contribution in [0, 0.1) is 11.8 Å². The van der Waals surface area contributed by atoms with Gasteiger partial charge >= 0.3 is 0 Å². The topological polar surface area (TPSA) is 21.3 Å². The van der Waals surface area contributed by atoms with Gasteiger partial charge in [0.2, 0.25) is 0 Å². The Bertz CT molecular complexity index is 170. The average molecular weight is 243 g/mol. The second kappa shape index (κ2) is 9.90. The lowest BCUT2D eigenvalue weighted by Crippen LogP contribution is -2.45. The average Bonchev–Trinajstić information content (AvgIpc) is 2.26. The van der Waals surface area contributed by atoms with Crippen LogP contribution < -0.4 is 5.32 Å². The van der Waals surface area contributed by atoms with E-state index in [1.54, 1.807) is 0 Å². The molecule has 3 unspecified atom stereocenters. The van der Waals surface area contributed by atoms with Gasteiger partial charge in [0.15, 0.2) is 0 Å². The summed E-state index contributed by atoms with van der Waals surface area (Å²) in [6, 6.07) is 0.501. The van der Waals surface area contributed by atoms with E-state index in [2.05, 4.69) is 39.9 Å². The number of ether oxygens (including phenoxy) is 1. The van der Waals surface area contributed by atoms with E-state index in [1.807, 2.05) is 7.11 Å². The predicted molar refractivity (Wildman–Crippen MR) is 76.4 cm³/mol. The molecule has 0 aliphatic carbocycles. The maximum Gasteiger partial charge on any atom is 0.0747 e. The molecule has 17 heavy (non-hydrogen) atoms. The number of hydrogen-bond donors (Lipinski definition) is 1. The fourth-order valence-corrected chi connectivity index (χ4v) is 2.61. The Balaban J connectivity index is 4.38. The molecule has 0 aliphatic rings. The Morgan fingerprint density at radius 1 is 1.06 bits per heavy atom. The molecule has 2 heteroatoms. The van der Waals surface area contributed by atoms with Crippen molar-refractivity contribution in [1.82, 2.24) is 5.32 Å². The summed E-state index contributed by atoms with van der Waals surface area (Å²) in [6.45, 7) is 12.4. The van der Waals surface area contributed by atoms with Gasteiger partial charge in [-0.2, -0.15) is 0 Å². The summed E-state index contributed by atoms with van der Waals surface area (Å²) >= 11 is 0. The number of hydrogen-bond acceptors (Lipinski definition) is 2. The molecule has 0 rings (SSSR count). The van der Waals surface area contributed by atoms with Crippen LogP contribution >= 0.6 is 0 Å². The first-order valence-electron chi connectivity index (χ1n) is 7.32. The molecule has 0 aliphatic heterocycles. The van der Waals surface area contributed by atoms with E-state index in [0.29, 0.717) is 18.1 Å². The smallest absolute Gasteiger partial charge is 0.0747 e. The summed E-state index contributed by atoms with van der Waals surface area (Å²) in [7, 11) is 1.84. The maximum absolute atomic E-state index is 5.69. The molecule has 0 saturated heterocycles. The van der Waals surface area contributed by atoms with Crippen molar-refractivity contribution in [2.75, 3.05) is 13.7 Å². The number of nitrogens with one attached hydrogen (secondary N) is 1. The highest BCUT2D eigenvalue weighted by molar-refractivity contribution is 4.81. The first-order valence-corrected chi connectivity index (χ1v) is 7.32. The van der Waals surface area contributed by atoms with Crippen molar-refractivity contribution >= 4 is 0 Å². The van der Waals surface area contributed by atoms with Crippen LogP contribution in [0.1, 0.15) is 60.3 Å². The van der Waals surface area contributed by atoms with Crippen LogP contribution in [-0.2, 0) is 4.74 Å². The molecule has 0 radical (unpaired) electrons. The zero-order valence-electron chi connectivity index (χ0n) is 12.8. The van der Waals surface area contributed by atoms with Crippen LogP contribution in [0.15, 0.2) is 0 Å². The first-order chi connectivity index (χ1) is 8.06. The van der Waals surface area contributed by atoms with Crippen LogP contribution in [0.25, 0.3) is 0 Å². The summed E-state index contributed by atoms with van der Waals surface area (Å²) in [5.74, 6) is 1.36. The molecule has 0 spiro atoms. The van der Waals surface area contributed by atoms with Crippen molar-refractivity contribution in [3.8, 4) is 0 Å².